The first kappa shape index (κ1) is 16.2. The van der Waals surface area contributed by atoms with Crippen LogP contribution in [-0.4, -0.2) is 45.4 Å². The topological polar surface area (TPSA) is 89.7 Å². The highest BCUT2D eigenvalue weighted by Gasteiger charge is 2.33. The number of hydrogen-bond acceptors (Lipinski definition) is 5. The van der Waals surface area contributed by atoms with Crippen molar-refractivity contribution in [3.8, 4) is 0 Å². The minimum absolute atomic E-state index is 0.0789. The Balaban J connectivity index is 2.38. The molecule has 1 aliphatic heterocycles. The lowest BCUT2D eigenvalue weighted by Crippen LogP contribution is -2.30. The van der Waals surface area contributed by atoms with Gasteiger partial charge in [-0.1, -0.05) is 11.6 Å². The third kappa shape index (κ3) is 3.21. The van der Waals surface area contributed by atoms with Crippen LogP contribution in [0.15, 0.2) is 23.1 Å². The van der Waals surface area contributed by atoms with Crippen molar-refractivity contribution in [1.82, 2.24) is 4.31 Å². The first-order chi connectivity index (χ1) is 9.90. The van der Waals surface area contributed by atoms with E-state index in [2.05, 4.69) is 4.74 Å². The monoisotopic (exact) mass is 332 g/mol. The number of nitrogens with zero attached hydrogens (tertiary/aromatic N) is 1. The fourth-order valence-corrected chi connectivity index (χ4v) is 4.32. The third-order valence-corrected chi connectivity index (χ3v) is 5.90. The maximum atomic E-state index is 12.6. The van der Waals surface area contributed by atoms with E-state index in [1.54, 1.807) is 0 Å². The highest BCUT2D eigenvalue weighted by molar-refractivity contribution is 7.89. The minimum atomic E-state index is -3.74. The Hall–Kier alpha value is -1.15. The lowest BCUT2D eigenvalue weighted by molar-refractivity contribution is 0.0600. The van der Waals surface area contributed by atoms with E-state index in [-0.39, 0.29) is 21.4 Å². The largest absolute Gasteiger partial charge is 0.465 e. The lowest BCUT2D eigenvalue weighted by atomic mass is 10.1. The van der Waals surface area contributed by atoms with Crippen molar-refractivity contribution in [1.29, 1.82) is 0 Å². The second-order valence-corrected chi connectivity index (χ2v) is 7.20. The van der Waals surface area contributed by atoms with Gasteiger partial charge in [0.1, 0.15) is 4.90 Å². The predicted octanol–water partition coefficient (Wildman–Crippen LogP) is 1.10. The van der Waals surface area contributed by atoms with Crippen molar-refractivity contribution < 1.29 is 17.9 Å². The van der Waals surface area contributed by atoms with Crippen molar-refractivity contribution in [2.24, 2.45) is 11.7 Å². The van der Waals surface area contributed by atoms with Gasteiger partial charge >= 0.3 is 5.97 Å². The van der Waals surface area contributed by atoms with Gasteiger partial charge in [-0.25, -0.2) is 13.2 Å². The molecule has 1 aromatic rings. The number of methoxy groups -OCH3 is 1. The molecule has 1 saturated heterocycles. The highest BCUT2D eigenvalue weighted by atomic mass is 35.5. The number of carbonyl (C=O) groups excluding carboxylic acids is 1. The zero-order chi connectivity index (χ0) is 15.6. The fraction of sp³-hybridized carbons (Fsp3) is 0.462. The van der Waals surface area contributed by atoms with Gasteiger partial charge in [0.25, 0.3) is 0 Å². The van der Waals surface area contributed by atoms with Crippen molar-refractivity contribution >= 4 is 27.6 Å². The van der Waals surface area contributed by atoms with Gasteiger partial charge in [-0.3, -0.25) is 0 Å². The Labute approximate surface area is 128 Å². The molecule has 0 bridgehead atoms. The number of rotatable bonds is 4. The van der Waals surface area contributed by atoms with E-state index in [9.17, 15) is 13.2 Å². The third-order valence-electron chi connectivity index (χ3n) is 3.55. The summed E-state index contributed by atoms with van der Waals surface area (Å²) in [5.74, 6) is -0.452. The van der Waals surface area contributed by atoms with Crippen molar-refractivity contribution in [2.45, 2.75) is 11.3 Å². The van der Waals surface area contributed by atoms with Crippen LogP contribution >= 0.6 is 11.6 Å². The van der Waals surface area contributed by atoms with Gasteiger partial charge in [0.05, 0.1) is 17.7 Å². The molecule has 0 aromatic heterocycles. The van der Waals surface area contributed by atoms with Gasteiger partial charge in [-0.15, -0.1) is 0 Å². The van der Waals surface area contributed by atoms with Crippen molar-refractivity contribution in [3.63, 3.8) is 0 Å². The van der Waals surface area contributed by atoms with Crippen LogP contribution in [0.3, 0.4) is 0 Å². The molecule has 21 heavy (non-hydrogen) atoms. The first-order valence-electron chi connectivity index (χ1n) is 6.48. The number of halogens is 1. The molecule has 0 spiro atoms. The number of benzene rings is 1. The zero-order valence-corrected chi connectivity index (χ0v) is 13.2. The van der Waals surface area contributed by atoms with E-state index in [0.717, 1.165) is 6.42 Å². The van der Waals surface area contributed by atoms with Crippen LogP contribution in [0.5, 0.6) is 0 Å². The highest BCUT2D eigenvalue weighted by Crippen LogP contribution is 2.29. The van der Waals surface area contributed by atoms with Crippen LogP contribution in [-0.2, 0) is 14.8 Å². The van der Waals surface area contributed by atoms with Gasteiger partial charge in [-0.05, 0) is 37.1 Å². The fourth-order valence-electron chi connectivity index (χ4n) is 2.29. The standard InChI is InChI=1S/C13H17ClN2O4S/c1-20-13(17)10-2-3-11(14)12(6-10)21(18,19)16-5-4-9(7-15)8-16/h2-3,6,9H,4-5,7-8,15H2,1H3. The number of ether oxygens (including phenoxy) is 1. The lowest BCUT2D eigenvalue weighted by Gasteiger charge is -2.17. The molecule has 8 heteroatoms. The molecule has 6 nitrogen and oxygen atoms in total. The van der Waals surface area contributed by atoms with Crippen LogP contribution in [0.4, 0.5) is 0 Å². The second kappa shape index (κ2) is 6.31. The average molecular weight is 333 g/mol. The van der Waals surface area contributed by atoms with Crippen molar-refractivity contribution in [2.75, 3.05) is 26.7 Å². The van der Waals surface area contributed by atoms with E-state index in [1.807, 2.05) is 0 Å². The molecule has 116 valence electrons. The van der Waals surface area contributed by atoms with Gasteiger partial charge < -0.3 is 10.5 Å². The van der Waals surface area contributed by atoms with Gasteiger partial charge in [0.15, 0.2) is 0 Å². The van der Waals surface area contributed by atoms with Gasteiger partial charge in [0.2, 0.25) is 10.0 Å². The summed E-state index contributed by atoms with van der Waals surface area (Å²) in [4.78, 5) is 11.5. The summed E-state index contributed by atoms with van der Waals surface area (Å²) in [5, 5.41) is 0.0823. The summed E-state index contributed by atoms with van der Waals surface area (Å²) >= 11 is 5.99. The smallest absolute Gasteiger partial charge is 0.337 e. The second-order valence-electron chi connectivity index (χ2n) is 4.89. The van der Waals surface area contributed by atoms with Crippen LogP contribution in [0.1, 0.15) is 16.8 Å². The van der Waals surface area contributed by atoms with Gasteiger partial charge in [0, 0.05) is 13.1 Å². The molecular formula is C13H17ClN2O4S. The molecule has 1 fully saturated rings. The summed E-state index contributed by atoms with van der Waals surface area (Å²) in [6, 6.07) is 4.07. The molecule has 1 unspecified atom stereocenters. The first-order valence-corrected chi connectivity index (χ1v) is 8.30. The molecule has 1 aliphatic rings. The molecule has 0 aliphatic carbocycles. The van der Waals surface area contributed by atoms with E-state index in [1.165, 1.54) is 29.6 Å². The maximum absolute atomic E-state index is 12.6. The van der Waals surface area contributed by atoms with Crippen LogP contribution < -0.4 is 5.73 Å². The molecule has 2 rings (SSSR count). The van der Waals surface area contributed by atoms with Crippen LogP contribution in [0.2, 0.25) is 5.02 Å². The Morgan fingerprint density at radius 2 is 2.24 bits per heavy atom. The summed E-state index contributed by atoms with van der Waals surface area (Å²) in [6.45, 7) is 1.22. The number of sulfonamides is 1. The molecule has 2 N–H and O–H groups in total. The molecule has 1 atom stereocenters. The van der Waals surface area contributed by atoms with Crippen molar-refractivity contribution in [3.05, 3.63) is 28.8 Å². The minimum Gasteiger partial charge on any atom is -0.465 e. The normalized spacial score (nSPS) is 19.7. The zero-order valence-electron chi connectivity index (χ0n) is 11.6. The summed E-state index contributed by atoms with van der Waals surface area (Å²) in [7, 11) is -2.51. The summed E-state index contributed by atoms with van der Waals surface area (Å²) in [6.07, 6.45) is 0.726. The average Bonchev–Trinajstić information content (AvgIpc) is 2.96. The van der Waals surface area contributed by atoms with E-state index in [4.69, 9.17) is 17.3 Å². The maximum Gasteiger partial charge on any atom is 0.337 e. The number of esters is 1. The molecule has 0 amide bonds. The van der Waals surface area contributed by atoms with E-state index < -0.39 is 16.0 Å². The van der Waals surface area contributed by atoms with Gasteiger partial charge in [-0.2, -0.15) is 4.31 Å². The Bertz CT molecular complexity index is 648. The van der Waals surface area contributed by atoms with Crippen LogP contribution in [0, 0.1) is 5.92 Å². The number of hydrogen-bond donors (Lipinski definition) is 1. The predicted molar refractivity (Wildman–Crippen MR) is 78.7 cm³/mol. The Morgan fingerprint density at radius 1 is 1.52 bits per heavy atom. The van der Waals surface area contributed by atoms with Crippen LogP contribution in [0.25, 0.3) is 0 Å². The van der Waals surface area contributed by atoms with E-state index >= 15 is 0 Å². The molecular weight excluding hydrogens is 316 g/mol. The molecule has 1 aromatic carbocycles. The molecule has 0 saturated carbocycles. The SMILES string of the molecule is COC(=O)c1ccc(Cl)c(S(=O)(=O)N2CCC(CN)C2)c1. The number of carbonyl (C=O) groups is 1. The quantitative estimate of drug-likeness (QED) is 0.834. The Morgan fingerprint density at radius 3 is 2.81 bits per heavy atom. The number of nitrogens with two attached hydrogens (primary N) is 1. The summed E-state index contributed by atoms with van der Waals surface area (Å²) in [5.41, 5.74) is 5.73. The van der Waals surface area contributed by atoms with E-state index in [0.29, 0.717) is 19.6 Å². The molecule has 0 radical (unpaired) electrons. The Kier molecular flexibility index (Phi) is 4.88. The molecule has 1 heterocycles. The summed E-state index contributed by atoms with van der Waals surface area (Å²) < 4.78 is 31.2.